The molecule has 1 heterocycles. The van der Waals surface area contributed by atoms with Gasteiger partial charge in [-0.3, -0.25) is 9.69 Å². The summed E-state index contributed by atoms with van der Waals surface area (Å²) in [6, 6.07) is 19.6. The second-order valence-electron chi connectivity index (χ2n) is 6.91. The quantitative estimate of drug-likeness (QED) is 0.716. The Bertz CT molecular complexity index is 697. The second-order valence-corrected chi connectivity index (χ2v) is 6.91. The first-order chi connectivity index (χ1) is 12.6. The molecule has 1 amide bonds. The number of alkyl halides is 1. The third-order valence-corrected chi connectivity index (χ3v) is 5.15. The fraction of sp³-hybridized carbons (Fsp3) is 0.409. The SMILES string of the molecule is CCC(=O)N(c1ccccc1)C1(F)CCN(CCc2ccccc2)CC1. The summed E-state index contributed by atoms with van der Waals surface area (Å²) in [5.74, 6) is -1.76. The van der Waals surface area contributed by atoms with Crippen molar-refractivity contribution in [3.63, 3.8) is 0 Å². The molecular weight excluding hydrogens is 327 g/mol. The van der Waals surface area contributed by atoms with Crippen molar-refractivity contribution < 1.29 is 9.18 Å². The highest BCUT2D eigenvalue weighted by atomic mass is 19.1. The van der Waals surface area contributed by atoms with E-state index < -0.39 is 5.79 Å². The Labute approximate surface area is 155 Å². The van der Waals surface area contributed by atoms with Crippen LogP contribution in [0, 0.1) is 0 Å². The number of hydrogen-bond donors (Lipinski definition) is 0. The number of carbonyl (C=O) groups excluding carboxylic acids is 1. The zero-order valence-electron chi connectivity index (χ0n) is 15.4. The van der Waals surface area contributed by atoms with E-state index in [2.05, 4.69) is 17.0 Å². The number of anilines is 1. The van der Waals surface area contributed by atoms with Gasteiger partial charge in [0.25, 0.3) is 0 Å². The Hall–Kier alpha value is -2.20. The molecule has 1 saturated heterocycles. The predicted molar refractivity (Wildman–Crippen MR) is 104 cm³/mol. The predicted octanol–water partition coefficient (Wildman–Crippen LogP) is 4.43. The van der Waals surface area contributed by atoms with Gasteiger partial charge in [-0.25, -0.2) is 4.39 Å². The van der Waals surface area contributed by atoms with E-state index in [0.717, 1.165) is 13.0 Å². The van der Waals surface area contributed by atoms with Crippen molar-refractivity contribution in [1.29, 1.82) is 0 Å². The fourth-order valence-electron chi connectivity index (χ4n) is 3.61. The molecule has 0 radical (unpaired) electrons. The van der Waals surface area contributed by atoms with Crippen LogP contribution in [-0.4, -0.2) is 36.2 Å². The first-order valence-electron chi connectivity index (χ1n) is 9.46. The number of likely N-dealkylation sites (tertiary alicyclic amines) is 1. The molecule has 1 aliphatic heterocycles. The molecule has 3 rings (SSSR count). The monoisotopic (exact) mass is 354 g/mol. The summed E-state index contributed by atoms with van der Waals surface area (Å²) < 4.78 is 15.8. The Morgan fingerprint density at radius 3 is 2.19 bits per heavy atom. The topological polar surface area (TPSA) is 23.6 Å². The van der Waals surface area contributed by atoms with E-state index in [9.17, 15) is 4.79 Å². The van der Waals surface area contributed by atoms with Crippen LogP contribution in [0.25, 0.3) is 0 Å². The maximum atomic E-state index is 15.8. The number of amides is 1. The zero-order chi connectivity index (χ0) is 18.4. The van der Waals surface area contributed by atoms with Gasteiger partial charge in [-0.05, 0) is 24.1 Å². The minimum Gasteiger partial charge on any atom is -0.303 e. The molecule has 1 fully saturated rings. The number of para-hydroxylation sites is 1. The van der Waals surface area contributed by atoms with Crippen molar-refractivity contribution in [1.82, 2.24) is 4.90 Å². The lowest BCUT2D eigenvalue weighted by atomic mass is 9.98. The minimum absolute atomic E-state index is 0.156. The average Bonchev–Trinajstić information content (AvgIpc) is 2.69. The first-order valence-corrected chi connectivity index (χ1v) is 9.46. The molecule has 0 aromatic heterocycles. The smallest absolute Gasteiger partial charge is 0.229 e. The van der Waals surface area contributed by atoms with Crippen molar-refractivity contribution in [2.24, 2.45) is 0 Å². The molecule has 138 valence electrons. The Morgan fingerprint density at radius 2 is 1.62 bits per heavy atom. The summed E-state index contributed by atoms with van der Waals surface area (Å²) in [6.07, 6.45) is 1.97. The highest BCUT2D eigenvalue weighted by Gasteiger charge is 2.42. The van der Waals surface area contributed by atoms with Gasteiger partial charge >= 0.3 is 0 Å². The lowest BCUT2D eigenvalue weighted by Gasteiger charge is -2.43. The third kappa shape index (κ3) is 4.31. The summed E-state index contributed by atoms with van der Waals surface area (Å²) in [6.45, 7) is 4.05. The highest BCUT2D eigenvalue weighted by molar-refractivity contribution is 5.94. The van der Waals surface area contributed by atoms with E-state index >= 15 is 4.39 Å². The van der Waals surface area contributed by atoms with E-state index in [1.54, 1.807) is 6.92 Å². The van der Waals surface area contributed by atoms with Crippen LogP contribution in [0.4, 0.5) is 10.1 Å². The summed E-state index contributed by atoms with van der Waals surface area (Å²) in [5, 5.41) is 0. The molecule has 0 atom stereocenters. The van der Waals surface area contributed by atoms with E-state index in [-0.39, 0.29) is 5.91 Å². The molecule has 2 aromatic rings. The van der Waals surface area contributed by atoms with Crippen LogP contribution in [0.2, 0.25) is 0 Å². The van der Waals surface area contributed by atoms with Crippen LogP contribution in [0.15, 0.2) is 60.7 Å². The standard InChI is InChI=1S/C22H27FN2O/c1-2-21(26)25(20-11-7-4-8-12-20)22(23)14-17-24(18-15-22)16-13-19-9-5-3-6-10-19/h3-12H,2,13-18H2,1H3. The van der Waals surface area contributed by atoms with Gasteiger partial charge in [-0.15, -0.1) is 0 Å². The van der Waals surface area contributed by atoms with Crippen LogP contribution >= 0.6 is 0 Å². The number of nitrogens with zero attached hydrogens (tertiary/aromatic N) is 2. The van der Waals surface area contributed by atoms with Crippen LogP contribution in [-0.2, 0) is 11.2 Å². The van der Waals surface area contributed by atoms with Crippen LogP contribution < -0.4 is 4.90 Å². The van der Waals surface area contributed by atoms with Gasteiger partial charge in [0.15, 0.2) is 5.79 Å². The molecule has 0 saturated carbocycles. The maximum absolute atomic E-state index is 15.8. The van der Waals surface area contributed by atoms with Crippen LogP contribution in [0.1, 0.15) is 31.7 Å². The summed E-state index contributed by atoms with van der Waals surface area (Å²) in [5.41, 5.74) is 1.95. The van der Waals surface area contributed by atoms with Crippen molar-refractivity contribution in [3.05, 3.63) is 66.2 Å². The number of piperidine rings is 1. The Balaban J connectivity index is 1.64. The summed E-state index contributed by atoms with van der Waals surface area (Å²) in [7, 11) is 0. The number of benzene rings is 2. The molecular formula is C22H27FN2O. The minimum atomic E-state index is -1.60. The lowest BCUT2D eigenvalue weighted by molar-refractivity contribution is -0.122. The van der Waals surface area contributed by atoms with Gasteiger partial charge in [-0.2, -0.15) is 0 Å². The molecule has 0 N–H and O–H groups in total. The van der Waals surface area contributed by atoms with E-state index in [1.807, 2.05) is 48.5 Å². The van der Waals surface area contributed by atoms with Crippen LogP contribution in [0.5, 0.6) is 0 Å². The number of hydrogen-bond acceptors (Lipinski definition) is 2. The molecule has 0 aliphatic carbocycles. The maximum Gasteiger partial charge on any atom is 0.229 e. The Kier molecular flexibility index (Phi) is 6.04. The van der Waals surface area contributed by atoms with Gasteiger partial charge < -0.3 is 4.90 Å². The average molecular weight is 354 g/mol. The van der Waals surface area contributed by atoms with Crippen molar-refractivity contribution in [2.75, 3.05) is 24.5 Å². The van der Waals surface area contributed by atoms with Gasteiger partial charge in [0.2, 0.25) is 5.91 Å². The van der Waals surface area contributed by atoms with Crippen molar-refractivity contribution in [2.45, 2.75) is 38.4 Å². The van der Waals surface area contributed by atoms with Gasteiger partial charge in [-0.1, -0.05) is 55.5 Å². The lowest BCUT2D eigenvalue weighted by Crippen LogP contribution is -2.55. The van der Waals surface area contributed by atoms with Gasteiger partial charge in [0, 0.05) is 44.6 Å². The third-order valence-electron chi connectivity index (χ3n) is 5.15. The number of carbonyl (C=O) groups is 1. The zero-order valence-corrected chi connectivity index (χ0v) is 15.4. The first kappa shape index (κ1) is 18.6. The summed E-state index contributed by atoms with van der Waals surface area (Å²) >= 11 is 0. The van der Waals surface area contributed by atoms with Gasteiger partial charge in [0.05, 0.1) is 0 Å². The molecule has 0 bridgehead atoms. The van der Waals surface area contributed by atoms with Gasteiger partial charge in [0.1, 0.15) is 0 Å². The molecule has 1 aliphatic rings. The fourth-order valence-corrected chi connectivity index (χ4v) is 3.61. The van der Waals surface area contributed by atoms with Crippen LogP contribution in [0.3, 0.4) is 0 Å². The molecule has 26 heavy (non-hydrogen) atoms. The van der Waals surface area contributed by atoms with E-state index in [4.69, 9.17) is 0 Å². The van der Waals surface area contributed by atoms with Crippen molar-refractivity contribution in [3.8, 4) is 0 Å². The molecule has 3 nitrogen and oxygen atoms in total. The van der Waals surface area contributed by atoms with E-state index in [1.165, 1.54) is 10.5 Å². The molecule has 4 heteroatoms. The molecule has 0 spiro atoms. The number of rotatable bonds is 6. The largest absolute Gasteiger partial charge is 0.303 e. The second kappa shape index (κ2) is 8.45. The van der Waals surface area contributed by atoms with Crippen molar-refractivity contribution >= 4 is 11.6 Å². The normalized spacial score (nSPS) is 17.0. The Morgan fingerprint density at radius 1 is 1.04 bits per heavy atom. The van der Waals surface area contributed by atoms with E-state index in [0.29, 0.717) is 38.0 Å². The summed E-state index contributed by atoms with van der Waals surface area (Å²) in [4.78, 5) is 16.2. The molecule has 2 aromatic carbocycles. The molecule has 0 unspecified atom stereocenters. The number of halogens is 1. The highest BCUT2D eigenvalue weighted by Crippen LogP contribution is 2.35.